The summed E-state index contributed by atoms with van der Waals surface area (Å²) in [5.41, 5.74) is 2.48. The molecule has 32 heavy (non-hydrogen) atoms. The third-order valence-corrected chi connectivity index (χ3v) is 10.1. The zero-order valence-corrected chi connectivity index (χ0v) is 19.5. The number of hydrogen-bond acceptors (Lipinski definition) is 2. The number of carbonyl (C=O) groups excluding carboxylic acids is 2. The third kappa shape index (κ3) is 2.94. The fourth-order valence-corrected chi connectivity index (χ4v) is 8.30. The van der Waals surface area contributed by atoms with Crippen LogP contribution in [0.25, 0.3) is 0 Å². The van der Waals surface area contributed by atoms with Crippen molar-refractivity contribution >= 4 is 17.5 Å². The maximum absolute atomic E-state index is 13.3. The molecule has 1 saturated heterocycles. The SMILES string of the molecule is C[C@]12CC[C@H]3[C@@H](CC=C4N(C5CC5)C(=O)CC[C@@]43C)[C@@H]1CC[C@@H]2C(=O)Nc1ccccc1. The summed E-state index contributed by atoms with van der Waals surface area (Å²) in [6.07, 6.45) is 12.1. The lowest BCUT2D eigenvalue weighted by atomic mass is 9.49. The second-order valence-electron chi connectivity index (χ2n) is 11.6. The Kier molecular flexibility index (Phi) is 4.61. The molecule has 1 aliphatic heterocycles. The Labute approximate surface area is 191 Å². The summed E-state index contributed by atoms with van der Waals surface area (Å²) in [5, 5.41) is 3.20. The van der Waals surface area contributed by atoms with Gasteiger partial charge in [0.2, 0.25) is 11.8 Å². The first-order valence-electron chi connectivity index (χ1n) is 12.8. The lowest BCUT2D eigenvalue weighted by molar-refractivity contribution is -0.139. The molecule has 0 unspecified atom stereocenters. The minimum atomic E-state index is 0.0857. The van der Waals surface area contributed by atoms with Crippen molar-refractivity contribution in [2.45, 2.75) is 77.7 Å². The maximum Gasteiger partial charge on any atom is 0.228 e. The molecule has 2 amide bonds. The van der Waals surface area contributed by atoms with Gasteiger partial charge in [-0.2, -0.15) is 0 Å². The molecule has 1 aromatic rings. The Morgan fingerprint density at radius 3 is 2.53 bits per heavy atom. The van der Waals surface area contributed by atoms with Crippen LogP contribution in [0.1, 0.15) is 71.6 Å². The van der Waals surface area contributed by atoms with E-state index in [2.05, 4.69) is 30.1 Å². The molecule has 0 bridgehead atoms. The second-order valence-corrected chi connectivity index (χ2v) is 11.6. The highest BCUT2D eigenvalue weighted by atomic mass is 16.2. The zero-order chi connectivity index (χ0) is 22.1. The Bertz CT molecular complexity index is 967. The van der Waals surface area contributed by atoms with E-state index in [1.807, 2.05) is 30.3 Å². The fraction of sp³-hybridized carbons (Fsp3) is 0.643. The van der Waals surface area contributed by atoms with E-state index in [4.69, 9.17) is 0 Å². The lowest BCUT2D eigenvalue weighted by Gasteiger charge is -2.58. The van der Waals surface area contributed by atoms with Gasteiger partial charge in [0.25, 0.3) is 0 Å². The minimum absolute atomic E-state index is 0.0857. The van der Waals surface area contributed by atoms with E-state index in [1.54, 1.807) is 0 Å². The summed E-state index contributed by atoms with van der Waals surface area (Å²) in [5.74, 6) is 2.56. The summed E-state index contributed by atoms with van der Waals surface area (Å²) in [4.78, 5) is 28.3. The number of fused-ring (bicyclic) bond motifs is 5. The van der Waals surface area contributed by atoms with E-state index >= 15 is 0 Å². The van der Waals surface area contributed by atoms with Gasteiger partial charge in [-0.05, 0) is 86.7 Å². The predicted octanol–water partition coefficient (Wildman–Crippen LogP) is 5.76. The molecule has 1 aromatic carbocycles. The number of carbonyl (C=O) groups is 2. The number of para-hydroxylation sites is 1. The van der Waals surface area contributed by atoms with Crippen molar-refractivity contribution in [3.63, 3.8) is 0 Å². The third-order valence-electron chi connectivity index (χ3n) is 10.1. The highest BCUT2D eigenvalue weighted by Gasteiger charge is 2.61. The summed E-state index contributed by atoms with van der Waals surface area (Å²) < 4.78 is 0. The number of benzene rings is 1. The molecule has 5 aliphatic rings. The summed E-state index contributed by atoms with van der Waals surface area (Å²) >= 11 is 0. The monoisotopic (exact) mass is 432 g/mol. The molecule has 0 spiro atoms. The smallest absolute Gasteiger partial charge is 0.228 e. The number of piperidine rings is 1. The van der Waals surface area contributed by atoms with Crippen LogP contribution in [0, 0.1) is 34.5 Å². The van der Waals surface area contributed by atoms with Gasteiger partial charge in [0, 0.05) is 35.2 Å². The molecule has 0 aromatic heterocycles. The van der Waals surface area contributed by atoms with Crippen LogP contribution in [0.3, 0.4) is 0 Å². The van der Waals surface area contributed by atoms with Gasteiger partial charge in [0.15, 0.2) is 0 Å². The number of hydrogen-bond donors (Lipinski definition) is 1. The van der Waals surface area contributed by atoms with Crippen LogP contribution in [0.4, 0.5) is 5.69 Å². The standard InChI is InChI=1S/C28H36N2O2/c1-27-16-14-22-20(10-13-24-28(22,2)17-15-25(31)30(24)19-8-9-19)21(27)11-12-23(27)26(32)29-18-6-4-3-5-7-18/h3-7,13,19-23H,8-12,14-17H2,1-2H3,(H,29,32)/t20-,21-,22-,23+,27-,28+/m0/s1. The van der Waals surface area contributed by atoms with Gasteiger partial charge in [0.05, 0.1) is 0 Å². The predicted molar refractivity (Wildman–Crippen MR) is 126 cm³/mol. The molecule has 170 valence electrons. The van der Waals surface area contributed by atoms with Gasteiger partial charge >= 0.3 is 0 Å². The molecular weight excluding hydrogens is 396 g/mol. The van der Waals surface area contributed by atoms with Crippen LogP contribution < -0.4 is 5.32 Å². The van der Waals surface area contributed by atoms with Crippen LogP contribution in [0.2, 0.25) is 0 Å². The first kappa shape index (κ1) is 20.5. The van der Waals surface area contributed by atoms with Crippen molar-refractivity contribution in [3.8, 4) is 0 Å². The first-order chi connectivity index (χ1) is 15.4. The average molecular weight is 433 g/mol. The number of anilines is 1. The minimum Gasteiger partial charge on any atom is -0.326 e. The normalized spacial score (nSPS) is 40.8. The van der Waals surface area contributed by atoms with E-state index in [0.717, 1.165) is 37.8 Å². The molecule has 3 saturated carbocycles. The van der Waals surface area contributed by atoms with Crippen molar-refractivity contribution in [1.29, 1.82) is 0 Å². The quantitative estimate of drug-likeness (QED) is 0.660. The maximum atomic E-state index is 13.3. The van der Waals surface area contributed by atoms with Gasteiger partial charge in [0.1, 0.15) is 0 Å². The molecule has 1 heterocycles. The van der Waals surface area contributed by atoms with Crippen LogP contribution in [-0.4, -0.2) is 22.8 Å². The molecule has 0 radical (unpaired) electrons. The molecule has 4 fully saturated rings. The van der Waals surface area contributed by atoms with Crippen LogP contribution in [-0.2, 0) is 9.59 Å². The van der Waals surface area contributed by atoms with Crippen molar-refractivity contribution in [1.82, 2.24) is 4.90 Å². The van der Waals surface area contributed by atoms with E-state index < -0.39 is 0 Å². The van der Waals surface area contributed by atoms with Crippen molar-refractivity contribution in [2.24, 2.45) is 34.5 Å². The number of likely N-dealkylation sites (tertiary alicyclic amines) is 1. The van der Waals surface area contributed by atoms with Crippen LogP contribution in [0.5, 0.6) is 0 Å². The number of nitrogens with one attached hydrogen (secondary N) is 1. The van der Waals surface area contributed by atoms with Gasteiger partial charge < -0.3 is 10.2 Å². The summed E-state index contributed by atoms with van der Waals surface area (Å²) in [7, 11) is 0. The number of allylic oxidation sites excluding steroid dienone is 2. The van der Waals surface area contributed by atoms with Gasteiger partial charge in [-0.15, -0.1) is 0 Å². The van der Waals surface area contributed by atoms with Crippen molar-refractivity contribution in [2.75, 3.05) is 5.32 Å². The molecule has 6 atom stereocenters. The van der Waals surface area contributed by atoms with Gasteiger partial charge in [-0.25, -0.2) is 0 Å². The van der Waals surface area contributed by atoms with Gasteiger partial charge in [-0.3, -0.25) is 9.59 Å². The molecule has 4 heteroatoms. The van der Waals surface area contributed by atoms with Crippen LogP contribution in [0.15, 0.2) is 42.1 Å². The zero-order valence-electron chi connectivity index (χ0n) is 19.5. The Morgan fingerprint density at radius 2 is 1.78 bits per heavy atom. The topological polar surface area (TPSA) is 49.4 Å². The summed E-state index contributed by atoms with van der Waals surface area (Å²) in [6.45, 7) is 4.85. The first-order valence-corrected chi connectivity index (χ1v) is 12.8. The Morgan fingerprint density at radius 1 is 1.00 bits per heavy atom. The Hall–Kier alpha value is -2.10. The number of nitrogens with zero attached hydrogens (tertiary/aromatic N) is 1. The van der Waals surface area contributed by atoms with E-state index in [-0.39, 0.29) is 22.7 Å². The van der Waals surface area contributed by atoms with E-state index in [9.17, 15) is 9.59 Å². The van der Waals surface area contributed by atoms with Gasteiger partial charge in [-0.1, -0.05) is 38.1 Å². The lowest BCUT2D eigenvalue weighted by Crippen LogP contribution is -2.55. The Balaban J connectivity index is 1.26. The highest BCUT2D eigenvalue weighted by molar-refractivity contribution is 5.93. The highest BCUT2D eigenvalue weighted by Crippen LogP contribution is 2.66. The van der Waals surface area contributed by atoms with Crippen LogP contribution >= 0.6 is 0 Å². The van der Waals surface area contributed by atoms with E-state index in [1.165, 1.54) is 25.0 Å². The largest absolute Gasteiger partial charge is 0.326 e. The second kappa shape index (κ2) is 7.20. The molecular formula is C28H36N2O2. The molecule has 4 aliphatic carbocycles. The average Bonchev–Trinajstić information content (AvgIpc) is 3.55. The summed E-state index contributed by atoms with van der Waals surface area (Å²) in [6, 6.07) is 10.4. The number of rotatable bonds is 3. The molecule has 1 N–H and O–H groups in total. The fourth-order valence-electron chi connectivity index (χ4n) is 8.30. The van der Waals surface area contributed by atoms with E-state index in [0.29, 0.717) is 36.1 Å². The number of amides is 2. The van der Waals surface area contributed by atoms with Crippen molar-refractivity contribution < 1.29 is 9.59 Å². The molecule has 4 nitrogen and oxygen atoms in total. The van der Waals surface area contributed by atoms with Crippen molar-refractivity contribution in [3.05, 3.63) is 42.1 Å². The molecule has 6 rings (SSSR count).